The molecule has 0 N–H and O–H groups in total. The largest absolute Gasteiger partial charge is 0.489 e. The summed E-state index contributed by atoms with van der Waals surface area (Å²) in [4.78, 5) is 19.7. The number of rotatable bonds is 9. The Bertz CT molecular complexity index is 685. The van der Waals surface area contributed by atoms with Gasteiger partial charge in [-0.05, 0) is 70.8 Å². The van der Waals surface area contributed by atoms with Crippen molar-refractivity contribution in [2.75, 3.05) is 46.9 Å². The second-order valence-corrected chi connectivity index (χ2v) is 9.03. The second kappa shape index (κ2) is 11.5. The van der Waals surface area contributed by atoms with Crippen LogP contribution in [-0.4, -0.2) is 73.5 Å². The Labute approximate surface area is 182 Å². The van der Waals surface area contributed by atoms with E-state index in [1.165, 1.54) is 18.4 Å². The maximum absolute atomic E-state index is 12.8. The molecule has 2 aliphatic heterocycles. The second-order valence-electron chi connectivity index (χ2n) is 9.03. The molecule has 0 bridgehead atoms. The number of amides is 1. The van der Waals surface area contributed by atoms with E-state index in [1.54, 1.807) is 6.08 Å². The third-order valence-corrected chi connectivity index (χ3v) is 6.72. The van der Waals surface area contributed by atoms with E-state index in [-0.39, 0.29) is 0 Å². The van der Waals surface area contributed by atoms with Crippen LogP contribution in [0.15, 0.2) is 36.9 Å². The summed E-state index contributed by atoms with van der Waals surface area (Å²) >= 11 is 0. The van der Waals surface area contributed by atoms with Gasteiger partial charge >= 0.3 is 0 Å². The molecule has 1 amide bonds. The normalized spacial score (nSPS) is 21.3. The van der Waals surface area contributed by atoms with Gasteiger partial charge in [-0.3, -0.25) is 9.69 Å². The zero-order valence-electron chi connectivity index (χ0n) is 18.9. The van der Waals surface area contributed by atoms with Gasteiger partial charge in [-0.15, -0.1) is 0 Å². The van der Waals surface area contributed by atoms with Crippen LogP contribution in [0.2, 0.25) is 0 Å². The van der Waals surface area contributed by atoms with Gasteiger partial charge in [0.2, 0.25) is 5.91 Å². The SMILES string of the molecule is C=CCOc1ccccc1CN1CCC[C@H](CCC(=O)N(C)C2CCN(C)CC2)C1. The van der Waals surface area contributed by atoms with E-state index in [4.69, 9.17) is 4.74 Å². The topological polar surface area (TPSA) is 36.0 Å². The molecule has 0 spiro atoms. The fourth-order valence-corrected chi connectivity index (χ4v) is 4.79. The third kappa shape index (κ3) is 6.58. The van der Waals surface area contributed by atoms with Crippen molar-refractivity contribution in [2.45, 2.75) is 51.1 Å². The van der Waals surface area contributed by atoms with Crippen molar-refractivity contribution >= 4 is 5.91 Å². The lowest BCUT2D eigenvalue weighted by atomic mass is 9.92. The smallest absolute Gasteiger partial charge is 0.222 e. The van der Waals surface area contributed by atoms with Crippen molar-refractivity contribution in [3.63, 3.8) is 0 Å². The molecule has 1 aromatic rings. The summed E-state index contributed by atoms with van der Waals surface area (Å²) in [5.74, 6) is 1.88. The highest BCUT2D eigenvalue weighted by molar-refractivity contribution is 5.76. The number of benzene rings is 1. The first-order valence-corrected chi connectivity index (χ1v) is 11.5. The first kappa shape index (κ1) is 22.8. The lowest BCUT2D eigenvalue weighted by molar-refractivity contribution is -0.133. The Balaban J connectivity index is 1.46. The van der Waals surface area contributed by atoms with Crippen LogP contribution in [0, 0.1) is 5.92 Å². The van der Waals surface area contributed by atoms with Gasteiger partial charge < -0.3 is 14.5 Å². The van der Waals surface area contributed by atoms with E-state index in [2.05, 4.69) is 35.6 Å². The van der Waals surface area contributed by atoms with Crippen LogP contribution in [0.25, 0.3) is 0 Å². The number of ether oxygens (including phenoxy) is 1. The fourth-order valence-electron chi connectivity index (χ4n) is 4.79. The van der Waals surface area contributed by atoms with Crippen molar-refractivity contribution in [1.29, 1.82) is 0 Å². The number of piperidine rings is 2. The van der Waals surface area contributed by atoms with Crippen LogP contribution in [0.3, 0.4) is 0 Å². The zero-order valence-corrected chi connectivity index (χ0v) is 18.9. The average Bonchev–Trinajstić information content (AvgIpc) is 2.77. The molecule has 0 saturated carbocycles. The summed E-state index contributed by atoms with van der Waals surface area (Å²) in [5, 5.41) is 0. The molecule has 0 radical (unpaired) electrons. The molecule has 2 heterocycles. The molecule has 0 unspecified atom stereocenters. The first-order valence-electron chi connectivity index (χ1n) is 11.5. The van der Waals surface area contributed by atoms with E-state index in [0.717, 1.165) is 57.7 Å². The minimum Gasteiger partial charge on any atom is -0.489 e. The number of carbonyl (C=O) groups excluding carboxylic acids is 1. The molecule has 5 nitrogen and oxygen atoms in total. The fraction of sp³-hybridized carbons (Fsp3) is 0.640. The van der Waals surface area contributed by atoms with Gasteiger partial charge in [0.15, 0.2) is 0 Å². The summed E-state index contributed by atoms with van der Waals surface area (Å²) < 4.78 is 5.83. The van der Waals surface area contributed by atoms with Crippen LogP contribution in [0.1, 0.15) is 44.1 Å². The van der Waals surface area contributed by atoms with Gasteiger partial charge in [-0.25, -0.2) is 0 Å². The number of carbonyl (C=O) groups is 1. The van der Waals surface area contributed by atoms with Crippen LogP contribution in [-0.2, 0) is 11.3 Å². The number of likely N-dealkylation sites (tertiary alicyclic amines) is 2. The van der Waals surface area contributed by atoms with Crippen molar-refractivity contribution in [3.8, 4) is 5.75 Å². The Kier molecular flexibility index (Phi) is 8.76. The summed E-state index contributed by atoms with van der Waals surface area (Å²) in [6, 6.07) is 8.71. The Morgan fingerprint density at radius 2 is 2.00 bits per heavy atom. The highest BCUT2D eigenvalue weighted by Gasteiger charge is 2.26. The lowest BCUT2D eigenvalue weighted by Gasteiger charge is -2.36. The Morgan fingerprint density at radius 1 is 1.23 bits per heavy atom. The highest BCUT2D eigenvalue weighted by atomic mass is 16.5. The molecule has 2 aliphatic rings. The molecule has 1 atom stereocenters. The number of nitrogens with zero attached hydrogens (tertiary/aromatic N) is 3. The number of hydrogen-bond donors (Lipinski definition) is 0. The van der Waals surface area contributed by atoms with E-state index in [1.807, 2.05) is 24.1 Å². The summed E-state index contributed by atoms with van der Waals surface area (Å²) in [6.45, 7) is 9.57. The lowest BCUT2D eigenvalue weighted by Crippen LogP contribution is -2.44. The standard InChI is InChI=1S/C25H39N3O2/c1-4-18-30-24-10-6-5-9-22(24)20-28-15-7-8-21(19-28)11-12-25(29)27(3)23-13-16-26(2)17-14-23/h4-6,9-10,21,23H,1,7-8,11-20H2,2-3H3/t21-/m1/s1. The van der Waals surface area contributed by atoms with Gasteiger partial charge in [-0.2, -0.15) is 0 Å². The predicted molar refractivity (Wildman–Crippen MR) is 123 cm³/mol. The summed E-state index contributed by atoms with van der Waals surface area (Å²) in [5.41, 5.74) is 1.23. The Morgan fingerprint density at radius 3 is 2.77 bits per heavy atom. The number of hydrogen-bond acceptors (Lipinski definition) is 4. The quantitative estimate of drug-likeness (QED) is 0.577. The van der Waals surface area contributed by atoms with Crippen molar-refractivity contribution in [3.05, 3.63) is 42.5 Å². The maximum Gasteiger partial charge on any atom is 0.222 e. The summed E-state index contributed by atoms with van der Waals surface area (Å²) in [6.07, 6.45) is 8.11. The molecule has 2 saturated heterocycles. The van der Waals surface area contributed by atoms with Gasteiger partial charge in [-0.1, -0.05) is 30.9 Å². The molecule has 0 aromatic heterocycles. The van der Waals surface area contributed by atoms with Gasteiger partial charge in [0.05, 0.1) is 0 Å². The molecule has 0 aliphatic carbocycles. The molecule has 1 aromatic carbocycles. The molecule has 3 rings (SSSR count). The molecule has 30 heavy (non-hydrogen) atoms. The van der Waals surface area contributed by atoms with Gasteiger partial charge in [0.1, 0.15) is 12.4 Å². The highest BCUT2D eigenvalue weighted by Crippen LogP contribution is 2.26. The monoisotopic (exact) mass is 413 g/mol. The van der Waals surface area contributed by atoms with E-state index in [0.29, 0.717) is 30.9 Å². The minimum absolute atomic E-state index is 0.324. The van der Waals surface area contributed by atoms with Gasteiger partial charge in [0, 0.05) is 38.2 Å². The Hall–Kier alpha value is -1.85. The molecule has 166 valence electrons. The molecule has 2 fully saturated rings. The molecule has 5 heteroatoms. The van der Waals surface area contributed by atoms with Crippen molar-refractivity contribution in [1.82, 2.24) is 14.7 Å². The van der Waals surface area contributed by atoms with Gasteiger partial charge in [0.25, 0.3) is 0 Å². The molecular formula is C25H39N3O2. The predicted octanol–water partition coefficient (Wildman–Crippen LogP) is 3.80. The summed E-state index contributed by atoms with van der Waals surface area (Å²) in [7, 11) is 4.17. The van der Waals surface area contributed by atoms with Crippen LogP contribution in [0.4, 0.5) is 0 Å². The number of para-hydroxylation sites is 1. The van der Waals surface area contributed by atoms with Crippen molar-refractivity contribution in [2.24, 2.45) is 5.92 Å². The minimum atomic E-state index is 0.324. The average molecular weight is 414 g/mol. The van der Waals surface area contributed by atoms with Crippen molar-refractivity contribution < 1.29 is 9.53 Å². The van der Waals surface area contributed by atoms with E-state index < -0.39 is 0 Å². The van der Waals surface area contributed by atoms with Crippen LogP contribution in [0.5, 0.6) is 5.75 Å². The third-order valence-electron chi connectivity index (χ3n) is 6.72. The van der Waals surface area contributed by atoms with E-state index in [9.17, 15) is 4.79 Å². The molecular weight excluding hydrogens is 374 g/mol. The first-order chi connectivity index (χ1) is 14.6. The van der Waals surface area contributed by atoms with Crippen LogP contribution >= 0.6 is 0 Å². The maximum atomic E-state index is 12.8. The zero-order chi connectivity index (χ0) is 21.3. The van der Waals surface area contributed by atoms with Crippen LogP contribution < -0.4 is 4.74 Å². The van der Waals surface area contributed by atoms with E-state index >= 15 is 0 Å².